The first kappa shape index (κ1) is 15.8. The Morgan fingerprint density at radius 3 is 2.58 bits per heavy atom. The second-order valence-electron chi connectivity index (χ2n) is 5.28. The van der Waals surface area contributed by atoms with Crippen molar-refractivity contribution < 1.29 is 13.2 Å². The quantitative estimate of drug-likeness (QED) is 0.643. The van der Waals surface area contributed by atoms with Crippen molar-refractivity contribution in [3.63, 3.8) is 0 Å². The number of nitrogens with zero attached hydrogens (tertiary/aromatic N) is 3. The van der Waals surface area contributed by atoms with Crippen LogP contribution in [0.5, 0.6) is 0 Å². The van der Waals surface area contributed by atoms with Crippen molar-refractivity contribution in [1.29, 1.82) is 5.26 Å². The minimum Gasteiger partial charge on any atom is -0.327 e. The van der Waals surface area contributed by atoms with Crippen molar-refractivity contribution in [2.45, 2.75) is 6.18 Å². The summed E-state index contributed by atoms with van der Waals surface area (Å²) in [5.41, 5.74) is 1.32. The van der Waals surface area contributed by atoms with Crippen molar-refractivity contribution in [2.75, 3.05) is 0 Å². The molecule has 2 aromatic carbocycles. The molecular weight excluding hydrogens is 315 g/mol. The zero-order valence-corrected chi connectivity index (χ0v) is 12.7. The van der Waals surface area contributed by atoms with Gasteiger partial charge in [0.05, 0.1) is 22.2 Å². The lowest BCUT2D eigenvalue weighted by atomic mass is 10.1. The van der Waals surface area contributed by atoms with Crippen molar-refractivity contribution in [3.05, 3.63) is 65.5 Å². The Morgan fingerprint density at radius 1 is 1.17 bits per heavy atom. The highest BCUT2D eigenvalue weighted by Crippen LogP contribution is 2.30. The van der Waals surface area contributed by atoms with Crippen LogP contribution in [-0.2, 0) is 13.2 Å². The van der Waals surface area contributed by atoms with Crippen LogP contribution in [0.15, 0.2) is 48.5 Å². The first-order valence-corrected chi connectivity index (χ1v) is 7.11. The summed E-state index contributed by atoms with van der Waals surface area (Å²) in [4.78, 5) is 4.40. The molecule has 0 N–H and O–H groups in total. The Morgan fingerprint density at radius 2 is 1.92 bits per heavy atom. The predicted octanol–water partition coefficient (Wildman–Crippen LogP) is 4.66. The van der Waals surface area contributed by atoms with Crippen molar-refractivity contribution in [2.24, 2.45) is 7.05 Å². The lowest BCUT2D eigenvalue weighted by Gasteiger charge is -2.07. The van der Waals surface area contributed by atoms with E-state index in [0.29, 0.717) is 11.4 Å². The topological polar surface area (TPSA) is 41.6 Å². The normalized spacial score (nSPS) is 12.4. The Balaban J connectivity index is 2.10. The average Bonchev–Trinajstić information content (AvgIpc) is 2.89. The van der Waals surface area contributed by atoms with Crippen molar-refractivity contribution >= 4 is 22.7 Å². The zero-order chi connectivity index (χ0) is 17.3. The number of para-hydroxylation sites is 2. The number of benzene rings is 2. The number of alkyl halides is 3. The third-order valence-electron chi connectivity index (χ3n) is 3.67. The van der Waals surface area contributed by atoms with Crippen LogP contribution in [-0.4, -0.2) is 9.55 Å². The molecule has 0 radical (unpaired) electrons. The van der Waals surface area contributed by atoms with E-state index in [1.165, 1.54) is 18.2 Å². The minimum atomic E-state index is -4.42. The summed E-state index contributed by atoms with van der Waals surface area (Å²) in [5.74, 6) is 0.413. The van der Waals surface area contributed by atoms with Crippen LogP contribution in [0.25, 0.3) is 22.7 Å². The molecule has 0 unspecified atom stereocenters. The van der Waals surface area contributed by atoms with Crippen molar-refractivity contribution in [3.8, 4) is 6.07 Å². The minimum absolute atomic E-state index is 0.202. The number of fused-ring (bicyclic) bond motifs is 1. The van der Waals surface area contributed by atoms with E-state index in [1.54, 1.807) is 11.6 Å². The first-order chi connectivity index (χ1) is 11.4. The highest BCUT2D eigenvalue weighted by Gasteiger charge is 2.30. The number of hydrogen-bond donors (Lipinski definition) is 0. The van der Waals surface area contributed by atoms with Crippen LogP contribution < -0.4 is 0 Å². The van der Waals surface area contributed by atoms with Gasteiger partial charge in [-0.3, -0.25) is 0 Å². The molecule has 0 atom stereocenters. The molecule has 3 rings (SSSR count). The van der Waals surface area contributed by atoms with Gasteiger partial charge in [-0.2, -0.15) is 18.4 Å². The summed E-state index contributed by atoms with van der Waals surface area (Å²) < 4.78 is 40.2. The Labute approximate surface area is 136 Å². The molecule has 0 aliphatic rings. The highest BCUT2D eigenvalue weighted by atomic mass is 19.4. The first-order valence-electron chi connectivity index (χ1n) is 7.11. The van der Waals surface area contributed by atoms with Gasteiger partial charge in [0, 0.05) is 7.05 Å². The van der Waals surface area contributed by atoms with Gasteiger partial charge < -0.3 is 4.57 Å². The summed E-state index contributed by atoms with van der Waals surface area (Å²) in [6, 6.07) is 14.3. The SMILES string of the molecule is Cn1c(/C(C#N)=C\c2cccc(C(F)(F)F)c2)nc2ccccc21. The van der Waals surface area contributed by atoms with Gasteiger partial charge in [0.15, 0.2) is 5.82 Å². The lowest BCUT2D eigenvalue weighted by Crippen LogP contribution is -2.04. The third kappa shape index (κ3) is 2.88. The van der Waals surface area contributed by atoms with Gasteiger partial charge in [0.1, 0.15) is 6.07 Å². The molecule has 3 aromatic rings. The molecule has 0 saturated carbocycles. The molecular formula is C18H12F3N3. The highest BCUT2D eigenvalue weighted by molar-refractivity contribution is 5.90. The fourth-order valence-corrected chi connectivity index (χ4v) is 2.50. The predicted molar refractivity (Wildman–Crippen MR) is 85.6 cm³/mol. The molecule has 1 aromatic heterocycles. The number of imidazole rings is 1. The van der Waals surface area contributed by atoms with Crippen LogP contribution in [0, 0.1) is 11.3 Å². The van der Waals surface area contributed by atoms with Crippen LogP contribution in [0.4, 0.5) is 13.2 Å². The van der Waals surface area contributed by atoms with E-state index in [0.717, 1.165) is 23.2 Å². The van der Waals surface area contributed by atoms with Crippen LogP contribution in [0.3, 0.4) is 0 Å². The summed E-state index contributed by atoms with van der Waals surface area (Å²) >= 11 is 0. The smallest absolute Gasteiger partial charge is 0.327 e. The van der Waals surface area contributed by atoms with Crippen molar-refractivity contribution in [1.82, 2.24) is 9.55 Å². The maximum atomic E-state index is 12.8. The van der Waals surface area contributed by atoms with Crippen LogP contribution >= 0.6 is 0 Å². The Bertz CT molecular complexity index is 975. The van der Waals surface area contributed by atoms with Gasteiger partial charge in [0.25, 0.3) is 0 Å². The third-order valence-corrected chi connectivity index (χ3v) is 3.67. The monoisotopic (exact) mass is 327 g/mol. The number of aryl methyl sites for hydroxylation is 1. The fourth-order valence-electron chi connectivity index (χ4n) is 2.50. The van der Waals surface area contributed by atoms with E-state index in [1.807, 2.05) is 30.3 Å². The van der Waals surface area contributed by atoms with E-state index < -0.39 is 11.7 Å². The van der Waals surface area contributed by atoms with E-state index >= 15 is 0 Å². The zero-order valence-electron chi connectivity index (χ0n) is 12.7. The van der Waals surface area contributed by atoms with Gasteiger partial charge >= 0.3 is 6.18 Å². The number of allylic oxidation sites excluding steroid dienone is 1. The van der Waals surface area contributed by atoms with Gasteiger partial charge in [0.2, 0.25) is 0 Å². The molecule has 6 heteroatoms. The molecule has 0 spiro atoms. The molecule has 0 aliphatic heterocycles. The number of aromatic nitrogens is 2. The molecule has 120 valence electrons. The fraction of sp³-hybridized carbons (Fsp3) is 0.111. The van der Waals surface area contributed by atoms with Gasteiger partial charge in [-0.05, 0) is 35.9 Å². The molecule has 0 saturated heterocycles. The Kier molecular flexibility index (Phi) is 3.86. The molecule has 1 heterocycles. The summed E-state index contributed by atoms with van der Waals surface area (Å²) in [6.07, 6.45) is -3.01. The molecule has 0 amide bonds. The second kappa shape index (κ2) is 5.85. The molecule has 0 bridgehead atoms. The molecule has 24 heavy (non-hydrogen) atoms. The number of nitriles is 1. The number of rotatable bonds is 2. The van der Waals surface area contributed by atoms with E-state index in [4.69, 9.17) is 0 Å². The summed E-state index contributed by atoms with van der Waals surface area (Å²) in [7, 11) is 1.77. The average molecular weight is 327 g/mol. The lowest BCUT2D eigenvalue weighted by molar-refractivity contribution is -0.137. The summed E-state index contributed by atoms with van der Waals surface area (Å²) in [5, 5.41) is 9.43. The van der Waals surface area contributed by atoms with Gasteiger partial charge in [-0.1, -0.05) is 24.3 Å². The molecule has 0 aliphatic carbocycles. The Hall–Kier alpha value is -3.07. The second-order valence-corrected chi connectivity index (χ2v) is 5.28. The van der Waals surface area contributed by atoms with Crippen LogP contribution in [0.2, 0.25) is 0 Å². The number of hydrogen-bond acceptors (Lipinski definition) is 2. The largest absolute Gasteiger partial charge is 0.416 e. The standard InChI is InChI=1S/C18H12F3N3/c1-24-16-8-3-2-7-15(16)23-17(24)13(11-22)9-12-5-4-6-14(10-12)18(19,20)21/h2-10H,1H3/b13-9-. The maximum Gasteiger partial charge on any atom is 0.416 e. The van der Waals surface area contributed by atoms with E-state index in [-0.39, 0.29) is 5.57 Å². The van der Waals surface area contributed by atoms with E-state index in [9.17, 15) is 18.4 Å². The molecule has 3 nitrogen and oxygen atoms in total. The summed E-state index contributed by atoms with van der Waals surface area (Å²) in [6.45, 7) is 0. The van der Waals surface area contributed by atoms with Crippen LogP contribution in [0.1, 0.15) is 17.0 Å². The van der Waals surface area contributed by atoms with Gasteiger partial charge in [-0.25, -0.2) is 4.98 Å². The van der Waals surface area contributed by atoms with Gasteiger partial charge in [-0.15, -0.1) is 0 Å². The number of halogens is 3. The maximum absolute atomic E-state index is 12.8. The van der Waals surface area contributed by atoms with E-state index in [2.05, 4.69) is 4.98 Å². The molecule has 0 fully saturated rings.